The predicted octanol–water partition coefficient (Wildman–Crippen LogP) is 7.00. The summed E-state index contributed by atoms with van der Waals surface area (Å²) in [6.07, 6.45) is 8.38. The van der Waals surface area contributed by atoms with Gasteiger partial charge in [-0.3, -0.25) is 5.32 Å². The van der Waals surface area contributed by atoms with Gasteiger partial charge in [-0.1, -0.05) is 113 Å². The molecule has 0 aliphatic carbocycles. The molecule has 2 aromatic carbocycles. The number of nitrogens with one attached hydrogen (secondary N) is 3. The smallest absolute Gasteiger partial charge is 0.449 e. The number of hydrazine groups is 2. The highest BCUT2D eigenvalue weighted by Gasteiger charge is 2.26. The Bertz CT molecular complexity index is 977. The number of hydrogen-bond donors (Lipinski definition) is 3. The number of hydrogen-bond acceptors (Lipinski definition) is 7. The maximum atomic E-state index is 13.1. The van der Waals surface area contributed by atoms with E-state index in [2.05, 4.69) is 23.1 Å². The molecule has 0 radical (unpaired) electrons. The minimum absolute atomic E-state index is 0.0657. The minimum Gasteiger partial charge on any atom is -0.449 e. The first-order valence-corrected chi connectivity index (χ1v) is 14.3. The van der Waals surface area contributed by atoms with Gasteiger partial charge in [0, 0.05) is 5.56 Å². The molecule has 0 aromatic heterocycles. The van der Waals surface area contributed by atoms with Crippen LogP contribution in [-0.4, -0.2) is 36.5 Å². The molecule has 0 bridgehead atoms. The van der Waals surface area contributed by atoms with Crippen LogP contribution in [0.4, 0.5) is 14.4 Å². The summed E-state index contributed by atoms with van der Waals surface area (Å²) in [5.41, 5.74) is 5.06. The summed E-state index contributed by atoms with van der Waals surface area (Å²) in [4.78, 5) is 37.5. The lowest BCUT2D eigenvalue weighted by Crippen LogP contribution is -2.57. The summed E-state index contributed by atoms with van der Waals surface area (Å²) in [5, 5.41) is 3.76. The first-order valence-electron chi connectivity index (χ1n) is 14.3. The summed E-state index contributed by atoms with van der Waals surface area (Å²) >= 11 is 0. The van der Waals surface area contributed by atoms with E-state index in [-0.39, 0.29) is 12.4 Å². The Balaban J connectivity index is 1.91. The van der Waals surface area contributed by atoms with Crippen LogP contribution in [0.3, 0.4) is 0 Å². The third-order valence-corrected chi connectivity index (χ3v) is 6.00. The van der Waals surface area contributed by atoms with E-state index in [0.29, 0.717) is 17.2 Å². The van der Waals surface area contributed by atoms with E-state index >= 15 is 0 Å². The van der Waals surface area contributed by atoms with Crippen LogP contribution in [-0.2, 0) is 9.47 Å². The van der Waals surface area contributed by atoms with Crippen LogP contribution in [0.1, 0.15) is 89.8 Å². The fourth-order valence-electron chi connectivity index (χ4n) is 3.94. The van der Waals surface area contributed by atoms with Gasteiger partial charge in [-0.05, 0) is 32.0 Å². The SMILES string of the molecule is CCCCCCCCCCCCNC(OC(=O)N(NC(=O)OCC)NC(=O)Oc1ccccc1)c1ccccc1. The van der Waals surface area contributed by atoms with Crippen molar-refractivity contribution >= 4 is 18.3 Å². The van der Waals surface area contributed by atoms with E-state index in [4.69, 9.17) is 14.2 Å². The molecule has 10 nitrogen and oxygen atoms in total. The number of nitrogens with zero attached hydrogens (tertiary/aromatic N) is 1. The van der Waals surface area contributed by atoms with Crippen molar-refractivity contribution in [1.29, 1.82) is 0 Å². The molecule has 0 saturated heterocycles. The summed E-state index contributed by atoms with van der Waals surface area (Å²) in [5.74, 6) is 0.254. The second-order valence-electron chi connectivity index (χ2n) is 9.29. The zero-order valence-electron chi connectivity index (χ0n) is 23.7. The maximum absolute atomic E-state index is 13.1. The van der Waals surface area contributed by atoms with Crippen molar-refractivity contribution in [2.75, 3.05) is 13.2 Å². The van der Waals surface area contributed by atoms with Crippen molar-refractivity contribution in [1.82, 2.24) is 21.3 Å². The van der Waals surface area contributed by atoms with E-state index in [9.17, 15) is 14.4 Å². The van der Waals surface area contributed by atoms with Gasteiger partial charge in [0.2, 0.25) is 0 Å². The first kappa shape index (κ1) is 32.4. The second-order valence-corrected chi connectivity index (χ2v) is 9.29. The number of unbranched alkanes of at least 4 members (excludes halogenated alkanes) is 9. The predicted molar refractivity (Wildman–Crippen MR) is 153 cm³/mol. The Kier molecular flexibility index (Phi) is 16.3. The minimum atomic E-state index is -1.04. The van der Waals surface area contributed by atoms with Gasteiger partial charge in [0.05, 0.1) is 6.61 Å². The molecule has 0 aliphatic heterocycles. The van der Waals surface area contributed by atoms with Crippen molar-refractivity contribution in [2.45, 2.75) is 84.3 Å². The number of ether oxygens (including phenoxy) is 3. The number of carbonyl (C=O) groups excluding carboxylic acids is 3. The Morgan fingerprint density at radius 1 is 0.725 bits per heavy atom. The number of amides is 3. The van der Waals surface area contributed by atoms with Gasteiger partial charge < -0.3 is 14.2 Å². The van der Waals surface area contributed by atoms with Gasteiger partial charge in [-0.15, -0.1) is 5.12 Å². The van der Waals surface area contributed by atoms with Crippen molar-refractivity contribution < 1.29 is 28.6 Å². The molecule has 0 saturated carbocycles. The monoisotopic (exact) mass is 556 g/mol. The summed E-state index contributed by atoms with van der Waals surface area (Å²) in [7, 11) is 0. The Morgan fingerprint density at radius 3 is 1.88 bits per heavy atom. The molecule has 1 atom stereocenters. The van der Waals surface area contributed by atoms with Gasteiger partial charge in [-0.2, -0.15) is 0 Å². The molecule has 0 aliphatic rings. The zero-order valence-corrected chi connectivity index (χ0v) is 23.7. The second kappa shape index (κ2) is 20.2. The summed E-state index contributed by atoms with van der Waals surface area (Å²) in [6, 6.07) is 17.5. The Labute approximate surface area is 237 Å². The molecule has 0 spiro atoms. The number of carbonyl (C=O) groups is 3. The molecular weight excluding hydrogens is 512 g/mol. The molecule has 1 unspecified atom stereocenters. The third kappa shape index (κ3) is 13.8. The molecule has 3 N–H and O–H groups in total. The first-order chi connectivity index (χ1) is 19.5. The molecule has 3 amide bonds. The van der Waals surface area contributed by atoms with Crippen molar-refractivity contribution in [3.8, 4) is 5.75 Å². The zero-order chi connectivity index (χ0) is 28.8. The van der Waals surface area contributed by atoms with E-state index in [0.717, 1.165) is 19.3 Å². The standard InChI is InChI=1S/C30H44N4O6/c1-3-5-6-7-8-9-10-11-12-19-24-31-27(25-20-15-13-16-21-25)40-30(37)34(32-28(35)38-4-2)33-29(36)39-26-22-17-14-18-23-26/h13-18,20-23,27,31H,3-12,19,24H2,1-2H3,(H,32,35)(H,33,36). The van der Waals surface area contributed by atoms with Crippen LogP contribution in [0.25, 0.3) is 0 Å². The summed E-state index contributed by atoms with van der Waals surface area (Å²) < 4.78 is 15.7. The highest BCUT2D eigenvalue weighted by Crippen LogP contribution is 2.16. The Morgan fingerprint density at radius 2 is 1.27 bits per heavy atom. The fraction of sp³-hybridized carbons (Fsp3) is 0.500. The molecule has 40 heavy (non-hydrogen) atoms. The highest BCUT2D eigenvalue weighted by atomic mass is 16.6. The summed E-state index contributed by atoms with van der Waals surface area (Å²) in [6.45, 7) is 4.53. The topological polar surface area (TPSA) is 118 Å². The van der Waals surface area contributed by atoms with Gasteiger partial charge in [0.1, 0.15) is 5.75 Å². The molecular formula is C30H44N4O6. The molecule has 10 heteroatoms. The number of benzene rings is 2. The van der Waals surface area contributed by atoms with Gasteiger partial charge in [-0.25, -0.2) is 25.2 Å². The van der Waals surface area contributed by atoms with Gasteiger partial charge in [0.25, 0.3) is 0 Å². The number of para-hydroxylation sites is 1. The van der Waals surface area contributed by atoms with E-state index < -0.39 is 24.5 Å². The van der Waals surface area contributed by atoms with E-state index in [1.54, 1.807) is 37.3 Å². The molecule has 2 aromatic rings. The average Bonchev–Trinajstić information content (AvgIpc) is 2.96. The third-order valence-electron chi connectivity index (χ3n) is 6.00. The van der Waals surface area contributed by atoms with Gasteiger partial charge in [0.15, 0.2) is 6.23 Å². The maximum Gasteiger partial charge on any atom is 0.450 e. The molecule has 2 rings (SSSR count). The Hall–Kier alpha value is -3.79. The number of rotatable bonds is 16. The van der Waals surface area contributed by atoms with E-state index in [1.807, 2.05) is 30.3 Å². The van der Waals surface area contributed by atoms with Crippen LogP contribution >= 0.6 is 0 Å². The van der Waals surface area contributed by atoms with Gasteiger partial charge >= 0.3 is 18.3 Å². The lowest BCUT2D eigenvalue weighted by Gasteiger charge is -2.26. The van der Waals surface area contributed by atoms with Crippen molar-refractivity contribution in [3.05, 3.63) is 66.2 Å². The quantitative estimate of drug-likeness (QED) is 0.116. The lowest BCUT2D eigenvalue weighted by molar-refractivity contribution is 0.0155. The van der Waals surface area contributed by atoms with Crippen LogP contribution in [0.2, 0.25) is 0 Å². The normalized spacial score (nSPS) is 11.2. The van der Waals surface area contributed by atoms with Crippen LogP contribution in [0, 0.1) is 0 Å². The molecule has 220 valence electrons. The van der Waals surface area contributed by atoms with Crippen LogP contribution in [0.15, 0.2) is 60.7 Å². The molecule has 0 fully saturated rings. The molecule has 0 heterocycles. The van der Waals surface area contributed by atoms with E-state index in [1.165, 1.54) is 44.9 Å². The average molecular weight is 557 g/mol. The largest absolute Gasteiger partial charge is 0.450 e. The lowest BCUT2D eigenvalue weighted by atomic mass is 10.1. The van der Waals surface area contributed by atoms with Crippen LogP contribution < -0.4 is 20.9 Å². The van der Waals surface area contributed by atoms with Crippen molar-refractivity contribution in [3.63, 3.8) is 0 Å². The van der Waals surface area contributed by atoms with Crippen molar-refractivity contribution in [2.24, 2.45) is 0 Å². The van der Waals surface area contributed by atoms with Crippen LogP contribution in [0.5, 0.6) is 5.75 Å². The highest BCUT2D eigenvalue weighted by molar-refractivity contribution is 5.78. The fourth-order valence-corrected chi connectivity index (χ4v) is 3.94.